The van der Waals surface area contributed by atoms with Crippen LogP contribution in [0.4, 0.5) is 8.78 Å². The molecule has 0 saturated heterocycles. The van der Waals surface area contributed by atoms with Crippen molar-refractivity contribution in [3.63, 3.8) is 0 Å². The lowest BCUT2D eigenvalue weighted by molar-refractivity contribution is 0.146. The van der Waals surface area contributed by atoms with E-state index in [4.69, 9.17) is 0 Å². The zero-order valence-corrected chi connectivity index (χ0v) is 13.5. The van der Waals surface area contributed by atoms with Crippen LogP contribution >= 0.6 is 0 Å². The number of hydrogen-bond donors (Lipinski definition) is 0. The summed E-state index contributed by atoms with van der Waals surface area (Å²) in [6.45, 7) is 8.32. The quantitative estimate of drug-likeness (QED) is 0.759. The van der Waals surface area contributed by atoms with Crippen LogP contribution in [-0.2, 0) is 6.42 Å². The van der Waals surface area contributed by atoms with E-state index < -0.39 is 6.43 Å². The molecule has 0 bridgehead atoms. The Morgan fingerprint density at radius 2 is 1.77 bits per heavy atom. The molecule has 0 aliphatic rings. The lowest BCUT2D eigenvalue weighted by atomic mass is 9.94. The summed E-state index contributed by atoms with van der Waals surface area (Å²) in [5.41, 5.74) is 3.98. The van der Waals surface area contributed by atoms with Gasteiger partial charge in [0, 0.05) is 17.6 Å². The summed E-state index contributed by atoms with van der Waals surface area (Å²) in [6, 6.07) is 7.51. The van der Waals surface area contributed by atoms with E-state index in [0.717, 1.165) is 23.4 Å². The standard InChI is InChI=1S/C18H22F2N2/c1-11(2)15-8-13(4)22-16(9-15)7-12(3)14-5-6-21-17(10-14)18(19)20/h5-6,8-12,18H,7H2,1-4H3. The average molecular weight is 304 g/mol. The number of aryl methyl sites for hydroxylation is 1. The van der Waals surface area contributed by atoms with Crippen LogP contribution in [0.15, 0.2) is 30.5 Å². The van der Waals surface area contributed by atoms with Gasteiger partial charge in [-0.25, -0.2) is 8.78 Å². The molecule has 2 rings (SSSR count). The Balaban J connectivity index is 2.21. The SMILES string of the molecule is Cc1cc(C(C)C)cc(CC(C)c2ccnc(C(F)F)c2)n1. The summed E-state index contributed by atoms with van der Waals surface area (Å²) in [6.07, 6.45) is -0.346. The highest BCUT2D eigenvalue weighted by Gasteiger charge is 2.14. The van der Waals surface area contributed by atoms with Gasteiger partial charge < -0.3 is 0 Å². The van der Waals surface area contributed by atoms with Crippen LogP contribution in [0.25, 0.3) is 0 Å². The molecule has 118 valence electrons. The molecule has 2 nitrogen and oxygen atoms in total. The van der Waals surface area contributed by atoms with E-state index in [2.05, 4.69) is 35.9 Å². The summed E-state index contributed by atoms with van der Waals surface area (Å²) in [5.74, 6) is 0.567. The Morgan fingerprint density at radius 1 is 1.05 bits per heavy atom. The molecular weight excluding hydrogens is 282 g/mol. The van der Waals surface area contributed by atoms with E-state index in [-0.39, 0.29) is 11.6 Å². The molecule has 0 N–H and O–H groups in total. The fraction of sp³-hybridized carbons (Fsp3) is 0.444. The number of rotatable bonds is 5. The van der Waals surface area contributed by atoms with Gasteiger partial charge in [-0.1, -0.05) is 20.8 Å². The van der Waals surface area contributed by atoms with Crippen LogP contribution in [0.3, 0.4) is 0 Å². The van der Waals surface area contributed by atoms with Crippen molar-refractivity contribution in [2.24, 2.45) is 0 Å². The van der Waals surface area contributed by atoms with Gasteiger partial charge in [-0.15, -0.1) is 0 Å². The van der Waals surface area contributed by atoms with Gasteiger partial charge in [-0.3, -0.25) is 9.97 Å². The fourth-order valence-corrected chi connectivity index (χ4v) is 2.53. The zero-order chi connectivity index (χ0) is 16.3. The van der Waals surface area contributed by atoms with Crippen LogP contribution in [0, 0.1) is 6.92 Å². The largest absolute Gasteiger partial charge is 0.280 e. The van der Waals surface area contributed by atoms with Gasteiger partial charge >= 0.3 is 0 Å². The molecule has 0 amide bonds. The van der Waals surface area contributed by atoms with Gasteiger partial charge in [0.05, 0.1) is 0 Å². The molecule has 2 aromatic rings. The van der Waals surface area contributed by atoms with Gasteiger partial charge in [-0.2, -0.15) is 0 Å². The number of nitrogens with zero attached hydrogens (tertiary/aromatic N) is 2. The third kappa shape index (κ3) is 4.09. The molecule has 2 heterocycles. The van der Waals surface area contributed by atoms with Crippen LogP contribution in [0.2, 0.25) is 0 Å². The lowest BCUT2D eigenvalue weighted by Crippen LogP contribution is -2.04. The molecule has 0 radical (unpaired) electrons. The minimum Gasteiger partial charge on any atom is -0.258 e. The molecule has 1 unspecified atom stereocenters. The van der Waals surface area contributed by atoms with Crippen LogP contribution < -0.4 is 0 Å². The minimum absolute atomic E-state index is 0.120. The number of alkyl halides is 2. The second kappa shape index (κ2) is 6.95. The maximum absolute atomic E-state index is 12.8. The van der Waals surface area contributed by atoms with Crippen molar-refractivity contribution in [3.8, 4) is 0 Å². The highest BCUT2D eigenvalue weighted by Crippen LogP contribution is 2.25. The summed E-state index contributed by atoms with van der Waals surface area (Å²) in [4.78, 5) is 8.29. The molecular formula is C18H22F2N2. The Kier molecular flexibility index (Phi) is 5.22. The van der Waals surface area contributed by atoms with E-state index in [0.29, 0.717) is 5.92 Å². The van der Waals surface area contributed by atoms with Gasteiger partial charge in [0.25, 0.3) is 6.43 Å². The van der Waals surface area contributed by atoms with Crippen molar-refractivity contribution in [2.75, 3.05) is 0 Å². The smallest absolute Gasteiger partial charge is 0.258 e. The molecule has 1 atom stereocenters. The highest BCUT2D eigenvalue weighted by molar-refractivity contribution is 5.27. The predicted octanol–water partition coefficient (Wildman–Crippen LogP) is 5.19. The Bertz CT molecular complexity index is 639. The Morgan fingerprint density at radius 3 is 2.41 bits per heavy atom. The summed E-state index contributed by atoms with van der Waals surface area (Å²) in [5, 5.41) is 0. The number of halogens is 2. The highest BCUT2D eigenvalue weighted by atomic mass is 19.3. The second-order valence-electron chi connectivity index (χ2n) is 6.11. The number of aromatic nitrogens is 2. The molecule has 4 heteroatoms. The van der Waals surface area contributed by atoms with Crippen LogP contribution in [0.5, 0.6) is 0 Å². The third-order valence-corrected chi connectivity index (χ3v) is 3.81. The first-order chi connectivity index (χ1) is 10.4. The first-order valence-corrected chi connectivity index (χ1v) is 7.58. The molecule has 0 aromatic carbocycles. The third-order valence-electron chi connectivity index (χ3n) is 3.81. The van der Waals surface area contributed by atoms with Crippen molar-refractivity contribution in [1.82, 2.24) is 9.97 Å². The van der Waals surface area contributed by atoms with Gasteiger partial charge in [0.1, 0.15) is 5.69 Å². The van der Waals surface area contributed by atoms with Gasteiger partial charge in [0.15, 0.2) is 0 Å². The van der Waals surface area contributed by atoms with Crippen molar-refractivity contribution in [2.45, 2.75) is 52.4 Å². The Labute approximate surface area is 130 Å². The van der Waals surface area contributed by atoms with E-state index in [1.165, 1.54) is 17.8 Å². The van der Waals surface area contributed by atoms with E-state index in [1.54, 1.807) is 6.07 Å². The minimum atomic E-state index is -2.53. The van der Waals surface area contributed by atoms with E-state index in [1.807, 2.05) is 13.8 Å². The Hall–Kier alpha value is -1.84. The summed E-state index contributed by atoms with van der Waals surface area (Å²) < 4.78 is 25.5. The van der Waals surface area contributed by atoms with Crippen LogP contribution in [-0.4, -0.2) is 9.97 Å². The lowest BCUT2D eigenvalue weighted by Gasteiger charge is -2.15. The zero-order valence-electron chi connectivity index (χ0n) is 13.5. The first kappa shape index (κ1) is 16.5. The molecule has 0 aliphatic heterocycles. The topological polar surface area (TPSA) is 25.8 Å². The van der Waals surface area contributed by atoms with Gasteiger partial charge in [-0.05, 0) is 60.6 Å². The molecule has 0 aliphatic carbocycles. The molecule has 0 fully saturated rings. The van der Waals surface area contributed by atoms with Gasteiger partial charge in [0.2, 0.25) is 0 Å². The van der Waals surface area contributed by atoms with Crippen molar-refractivity contribution in [1.29, 1.82) is 0 Å². The number of pyridine rings is 2. The molecule has 2 aromatic heterocycles. The van der Waals surface area contributed by atoms with Crippen molar-refractivity contribution < 1.29 is 8.78 Å². The van der Waals surface area contributed by atoms with E-state index >= 15 is 0 Å². The van der Waals surface area contributed by atoms with Crippen molar-refractivity contribution in [3.05, 3.63) is 58.7 Å². The van der Waals surface area contributed by atoms with E-state index in [9.17, 15) is 8.78 Å². The van der Waals surface area contributed by atoms with Crippen molar-refractivity contribution >= 4 is 0 Å². The maximum atomic E-state index is 12.8. The monoisotopic (exact) mass is 304 g/mol. The second-order valence-corrected chi connectivity index (χ2v) is 6.11. The number of hydrogen-bond acceptors (Lipinski definition) is 2. The summed E-state index contributed by atoms with van der Waals surface area (Å²) in [7, 11) is 0. The molecule has 0 spiro atoms. The average Bonchev–Trinajstić information content (AvgIpc) is 2.46. The predicted molar refractivity (Wildman–Crippen MR) is 84.4 cm³/mol. The fourth-order valence-electron chi connectivity index (χ4n) is 2.53. The first-order valence-electron chi connectivity index (χ1n) is 7.58. The maximum Gasteiger partial charge on any atom is 0.280 e. The molecule has 22 heavy (non-hydrogen) atoms. The normalized spacial score (nSPS) is 12.9. The summed E-state index contributed by atoms with van der Waals surface area (Å²) >= 11 is 0. The molecule has 0 saturated carbocycles. The van der Waals surface area contributed by atoms with Crippen LogP contribution in [0.1, 0.15) is 67.2 Å².